The predicted molar refractivity (Wildman–Crippen MR) is 99.9 cm³/mol. The number of nitrogens with zero attached hydrogens (tertiary/aromatic N) is 2. The van der Waals surface area contributed by atoms with Gasteiger partial charge in [-0.2, -0.15) is 5.10 Å². The Labute approximate surface area is 155 Å². The lowest BCUT2D eigenvalue weighted by molar-refractivity contribution is -0.121. The molecule has 4 rings (SSSR count). The molecule has 1 N–H and O–H groups in total. The minimum Gasteiger partial charge on any atom is -0.349 e. The first kappa shape index (κ1) is 16.8. The molecule has 1 aliphatic heterocycles. The van der Waals surface area contributed by atoms with Crippen LogP contribution in [-0.2, 0) is 11.2 Å². The zero-order chi connectivity index (χ0) is 17.9. The van der Waals surface area contributed by atoms with Gasteiger partial charge in [0.25, 0.3) is 0 Å². The maximum Gasteiger partial charge on any atom is 0.225 e. The van der Waals surface area contributed by atoms with E-state index in [0.717, 1.165) is 33.9 Å². The summed E-state index contributed by atoms with van der Waals surface area (Å²) in [6.07, 6.45) is 4.62. The third kappa shape index (κ3) is 3.65. The zero-order valence-electron chi connectivity index (χ0n) is 14.1. The smallest absolute Gasteiger partial charge is 0.225 e. The first-order valence-electron chi connectivity index (χ1n) is 8.49. The molecular weight excluding hydrogens is 349 g/mol. The first-order chi connectivity index (χ1) is 12.7. The summed E-state index contributed by atoms with van der Waals surface area (Å²) in [4.78, 5) is 13.5. The van der Waals surface area contributed by atoms with Crippen molar-refractivity contribution in [3.8, 4) is 5.69 Å². The molecule has 1 atom stereocenters. The highest BCUT2D eigenvalue weighted by Crippen LogP contribution is 2.36. The van der Waals surface area contributed by atoms with E-state index in [4.69, 9.17) is 0 Å². The Kier molecular flexibility index (Phi) is 4.75. The number of hydrogen-bond acceptors (Lipinski definition) is 3. The average molecular weight is 367 g/mol. The van der Waals surface area contributed by atoms with Crippen LogP contribution < -0.4 is 5.32 Å². The normalized spacial score (nSPS) is 16.1. The van der Waals surface area contributed by atoms with E-state index in [0.29, 0.717) is 0 Å². The maximum absolute atomic E-state index is 13.6. The van der Waals surface area contributed by atoms with Crippen LogP contribution in [-0.4, -0.2) is 21.4 Å². The molecule has 1 aliphatic rings. The van der Waals surface area contributed by atoms with E-state index in [9.17, 15) is 9.18 Å². The molecule has 0 fully saturated rings. The average Bonchev–Trinajstić information content (AvgIpc) is 3.11. The Hall–Kier alpha value is -2.60. The van der Waals surface area contributed by atoms with Crippen LogP contribution in [0.1, 0.15) is 23.6 Å². The van der Waals surface area contributed by atoms with E-state index in [2.05, 4.69) is 10.4 Å². The molecule has 0 saturated heterocycles. The van der Waals surface area contributed by atoms with Gasteiger partial charge in [0.05, 0.1) is 24.3 Å². The van der Waals surface area contributed by atoms with Crippen LogP contribution in [0.5, 0.6) is 0 Å². The van der Waals surface area contributed by atoms with Gasteiger partial charge in [0.15, 0.2) is 0 Å². The summed E-state index contributed by atoms with van der Waals surface area (Å²) >= 11 is 1.70. The Morgan fingerprint density at radius 1 is 1.27 bits per heavy atom. The number of hydrogen-bond donors (Lipinski definition) is 1. The molecule has 1 amide bonds. The van der Waals surface area contributed by atoms with Crippen LogP contribution in [0.15, 0.2) is 65.8 Å². The van der Waals surface area contributed by atoms with E-state index in [1.165, 1.54) is 12.1 Å². The molecule has 0 radical (unpaired) electrons. The van der Waals surface area contributed by atoms with Crippen LogP contribution in [0, 0.1) is 5.82 Å². The van der Waals surface area contributed by atoms with E-state index in [1.54, 1.807) is 28.7 Å². The van der Waals surface area contributed by atoms with Crippen molar-refractivity contribution in [2.45, 2.75) is 23.8 Å². The third-order valence-electron chi connectivity index (χ3n) is 4.37. The molecule has 0 saturated carbocycles. The van der Waals surface area contributed by atoms with E-state index < -0.39 is 0 Å². The molecule has 0 aliphatic carbocycles. The van der Waals surface area contributed by atoms with Crippen molar-refractivity contribution in [1.82, 2.24) is 15.1 Å². The van der Waals surface area contributed by atoms with Crippen molar-refractivity contribution >= 4 is 17.7 Å². The van der Waals surface area contributed by atoms with Gasteiger partial charge in [-0.3, -0.25) is 4.79 Å². The van der Waals surface area contributed by atoms with Crippen LogP contribution in [0.2, 0.25) is 0 Å². The molecule has 4 nitrogen and oxygen atoms in total. The van der Waals surface area contributed by atoms with Crippen molar-refractivity contribution in [2.24, 2.45) is 0 Å². The molecule has 0 spiro atoms. The highest BCUT2D eigenvalue weighted by atomic mass is 32.2. The lowest BCUT2D eigenvalue weighted by Gasteiger charge is -2.26. The van der Waals surface area contributed by atoms with Gasteiger partial charge in [-0.25, -0.2) is 9.07 Å². The third-order valence-corrected chi connectivity index (χ3v) is 5.49. The summed E-state index contributed by atoms with van der Waals surface area (Å²) in [5, 5.41) is 7.36. The number of amides is 1. The molecule has 1 aromatic heterocycles. The number of thioether (sulfide) groups is 1. The summed E-state index contributed by atoms with van der Waals surface area (Å²) < 4.78 is 15.3. The molecule has 2 aromatic carbocycles. The van der Waals surface area contributed by atoms with Crippen LogP contribution in [0.25, 0.3) is 5.69 Å². The summed E-state index contributed by atoms with van der Waals surface area (Å²) in [5.74, 6) is 0.564. The van der Waals surface area contributed by atoms with Gasteiger partial charge in [-0.05, 0) is 47.9 Å². The summed E-state index contributed by atoms with van der Waals surface area (Å²) in [5.41, 5.74) is 2.67. The number of carbonyl (C=O) groups excluding carboxylic acids is 1. The van der Waals surface area contributed by atoms with E-state index >= 15 is 0 Å². The number of aromatic nitrogens is 2. The van der Waals surface area contributed by atoms with Crippen molar-refractivity contribution in [2.75, 3.05) is 5.75 Å². The topological polar surface area (TPSA) is 46.9 Å². The quantitative estimate of drug-likeness (QED) is 0.761. The Bertz CT molecular complexity index is 926. The second-order valence-electron chi connectivity index (χ2n) is 6.24. The van der Waals surface area contributed by atoms with Gasteiger partial charge in [0.2, 0.25) is 5.91 Å². The van der Waals surface area contributed by atoms with E-state index in [-0.39, 0.29) is 24.2 Å². The fraction of sp³-hybridized carbons (Fsp3) is 0.200. The van der Waals surface area contributed by atoms with Gasteiger partial charge in [0, 0.05) is 16.8 Å². The van der Waals surface area contributed by atoms with Gasteiger partial charge >= 0.3 is 0 Å². The van der Waals surface area contributed by atoms with E-state index in [1.807, 2.05) is 36.5 Å². The van der Waals surface area contributed by atoms with Crippen molar-refractivity contribution in [1.29, 1.82) is 0 Å². The minimum atomic E-state index is -0.269. The van der Waals surface area contributed by atoms with Crippen molar-refractivity contribution < 1.29 is 9.18 Å². The number of para-hydroxylation sites is 1. The van der Waals surface area contributed by atoms with Gasteiger partial charge in [-0.1, -0.05) is 18.2 Å². The Morgan fingerprint density at radius 2 is 2.12 bits per heavy atom. The molecule has 1 unspecified atom stereocenters. The van der Waals surface area contributed by atoms with Gasteiger partial charge in [0.1, 0.15) is 5.82 Å². The summed E-state index contributed by atoms with van der Waals surface area (Å²) in [6, 6.07) is 14.4. The number of carbonyl (C=O) groups is 1. The number of benzene rings is 2. The SMILES string of the molecule is O=C(Cc1cnn(-c2ccccc2)c1)NC1CCSc2ccc(F)cc21. The summed E-state index contributed by atoms with van der Waals surface area (Å²) in [6.45, 7) is 0. The van der Waals surface area contributed by atoms with Crippen LogP contribution in [0.4, 0.5) is 4.39 Å². The fourth-order valence-corrected chi connectivity index (χ4v) is 4.22. The highest BCUT2D eigenvalue weighted by Gasteiger charge is 2.23. The maximum atomic E-state index is 13.6. The highest BCUT2D eigenvalue weighted by molar-refractivity contribution is 7.99. The monoisotopic (exact) mass is 367 g/mol. The zero-order valence-corrected chi connectivity index (χ0v) is 14.9. The molecule has 26 heavy (non-hydrogen) atoms. The lowest BCUT2D eigenvalue weighted by atomic mass is 10.0. The number of rotatable bonds is 4. The first-order valence-corrected chi connectivity index (χ1v) is 9.48. The molecule has 6 heteroatoms. The predicted octanol–water partition coefficient (Wildman–Crippen LogP) is 3.91. The van der Waals surface area contributed by atoms with Crippen molar-refractivity contribution in [3.05, 3.63) is 77.9 Å². The number of halogens is 1. The molecule has 3 aromatic rings. The Morgan fingerprint density at radius 3 is 2.96 bits per heavy atom. The van der Waals surface area contributed by atoms with Gasteiger partial charge in [-0.15, -0.1) is 11.8 Å². The molecule has 0 bridgehead atoms. The summed E-state index contributed by atoms with van der Waals surface area (Å²) in [7, 11) is 0. The second-order valence-corrected chi connectivity index (χ2v) is 7.38. The second kappa shape index (κ2) is 7.33. The number of nitrogens with one attached hydrogen (secondary N) is 1. The number of fused-ring (bicyclic) bond motifs is 1. The lowest BCUT2D eigenvalue weighted by Crippen LogP contribution is -2.31. The van der Waals surface area contributed by atoms with Crippen LogP contribution in [0.3, 0.4) is 0 Å². The molecule has 2 heterocycles. The Balaban J connectivity index is 1.44. The largest absolute Gasteiger partial charge is 0.349 e. The van der Waals surface area contributed by atoms with Crippen LogP contribution >= 0.6 is 11.8 Å². The molecule has 132 valence electrons. The standard InChI is InChI=1S/C20H18FN3OS/c21-15-6-7-19-17(11-15)18(8-9-26-19)23-20(25)10-14-12-22-24(13-14)16-4-2-1-3-5-16/h1-7,11-13,18H,8-10H2,(H,23,25). The van der Waals surface area contributed by atoms with Gasteiger partial charge < -0.3 is 5.32 Å². The fourth-order valence-electron chi connectivity index (χ4n) is 3.12. The van der Waals surface area contributed by atoms with Crippen molar-refractivity contribution in [3.63, 3.8) is 0 Å². The molecular formula is C20H18FN3OS. The minimum absolute atomic E-state index is 0.0790.